The van der Waals surface area contributed by atoms with Crippen LogP contribution in [-0.4, -0.2) is 77.7 Å². The second-order valence-electron chi connectivity index (χ2n) is 13.1. The van der Waals surface area contributed by atoms with Crippen LogP contribution in [0.4, 0.5) is 41.1 Å². The van der Waals surface area contributed by atoms with Gasteiger partial charge in [-0.3, -0.25) is 8.51 Å². The van der Waals surface area contributed by atoms with Gasteiger partial charge in [-0.15, -0.1) is 0 Å². The molecule has 2 atom stereocenters. The molecule has 0 radical (unpaired) electrons. The molecule has 0 saturated carbocycles. The number of rotatable bonds is 6. The Hall–Kier alpha value is -3.17. The summed E-state index contributed by atoms with van der Waals surface area (Å²) in [4.78, 5) is 23.6. The molecule has 0 aliphatic carbocycles. The van der Waals surface area contributed by atoms with Gasteiger partial charge in [0.15, 0.2) is 0 Å². The SMILES string of the molecule is Cc1cc(N(S(=O)[O-])C2(C)CCN(C(=O)OC(C)(C)C)CC2)ccc1Nc1ncc(C(F)(F)F)c(N2CCC[C@](C)(O)C2)n1. The maximum atomic E-state index is 13.8. The molecule has 4 rings (SSSR count). The second kappa shape index (κ2) is 12.3. The Kier molecular flexibility index (Phi) is 9.44. The fourth-order valence-electron chi connectivity index (χ4n) is 5.59. The van der Waals surface area contributed by atoms with Crippen molar-refractivity contribution < 1.29 is 36.6 Å². The summed E-state index contributed by atoms with van der Waals surface area (Å²) < 4.78 is 73.3. The van der Waals surface area contributed by atoms with E-state index in [-0.39, 0.29) is 18.3 Å². The quantitative estimate of drug-likeness (QED) is 0.404. The van der Waals surface area contributed by atoms with E-state index in [1.54, 1.807) is 57.7 Å². The maximum Gasteiger partial charge on any atom is 0.421 e. The third kappa shape index (κ3) is 7.91. The zero-order valence-electron chi connectivity index (χ0n) is 25.8. The number of β-amino-alcohol motifs (C(OH)–C–C–N with tert-alkyl or cyclic N) is 1. The number of hydrogen-bond donors (Lipinski definition) is 2. The van der Waals surface area contributed by atoms with Gasteiger partial charge in [-0.1, -0.05) is 0 Å². The van der Waals surface area contributed by atoms with Crippen LogP contribution >= 0.6 is 0 Å². The molecular formula is C29H40F3N6O5S-. The van der Waals surface area contributed by atoms with Crippen molar-refractivity contribution in [3.8, 4) is 0 Å². The number of halogens is 3. The van der Waals surface area contributed by atoms with Crippen molar-refractivity contribution in [2.45, 2.75) is 90.1 Å². The Morgan fingerprint density at radius 2 is 1.82 bits per heavy atom. The minimum Gasteiger partial charge on any atom is -0.755 e. The first-order chi connectivity index (χ1) is 20.3. The molecule has 0 bridgehead atoms. The number of nitrogens with one attached hydrogen (secondary N) is 1. The van der Waals surface area contributed by atoms with Crippen molar-refractivity contribution in [1.82, 2.24) is 14.9 Å². The molecule has 1 aromatic heterocycles. The lowest BCUT2D eigenvalue weighted by Gasteiger charge is -2.48. The van der Waals surface area contributed by atoms with Crippen LogP contribution in [0.15, 0.2) is 24.4 Å². The van der Waals surface area contributed by atoms with E-state index in [1.807, 2.05) is 6.92 Å². The van der Waals surface area contributed by atoms with Crippen LogP contribution in [0, 0.1) is 6.92 Å². The number of amides is 1. The monoisotopic (exact) mass is 641 g/mol. The summed E-state index contributed by atoms with van der Waals surface area (Å²) >= 11 is -2.63. The number of aromatic nitrogens is 2. The topological polar surface area (TPSA) is 134 Å². The third-order valence-corrected chi connectivity index (χ3v) is 8.82. The van der Waals surface area contributed by atoms with Crippen molar-refractivity contribution in [3.05, 3.63) is 35.5 Å². The van der Waals surface area contributed by atoms with E-state index < -0.39 is 45.8 Å². The minimum absolute atomic E-state index is 0.00324. The minimum atomic E-state index is -4.69. The van der Waals surface area contributed by atoms with Gasteiger partial charge in [0.05, 0.1) is 11.1 Å². The predicted molar refractivity (Wildman–Crippen MR) is 160 cm³/mol. The molecule has 2 aromatic rings. The molecule has 1 amide bonds. The van der Waals surface area contributed by atoms with Crippen molar-refractivity contribution in [2.24, 2.45) is 0 Å². The number of aliphatic hydroxyl groups is 1. The number of hydrogen-bond acceptors (Lipinski definition) is 9. The largest absolute Gasteiger partial charge is 0.755 e. The van der Waals surface area contributed by atoms with E-state index in [2.05, 4.69) is 15.3 Å². The molecule has 44 heavy (non-hydrogen) atoms. The highest BCUT2D eigenvalue weighted by molar-refractivity contribution is 7.80. The lowest BCUT2D eigenvalue weighted by Crippen LogP contribution is -2.55. The number of ether oxygens (including phenoxy) is 1. The van der Waals surface area contributed by atoms with Crippen molar-refractivity contribution in [2.75, 3.05) is 40.7 Å². The van der Waals surface area contributed by atoms with E-state index in [0.717, 1.165) is 6.20 Å². The molecule has 1 unspecified atom stereocenters. The molecular weight excluding hydrogens is 601 g/mol. The lowest BCUT2D eigenvalue weighted by atomic mass is 9.89. The number of benzene rings is 1. The maximum absolute atomic E-state index is 13.8. The van der Waals surface area contributed by atoms with Gasteiger partial charge < -0.3 is 29.5 Å². The van der Waals surface area contributed by atoms with Crippen molar-refractivity contribution in [1.29, 1.82) is 0 Å². The van der Waals surface area contributed by atoms with Crippen LogP contribution in [0.25, 0.3) is 0 Å². The highest BCUT2D eigenvalue weighted by Gasteiger charge is 2.41. The number of anilines is 4. The van der Waals surface area contributed by atoms with E-state index in [1.165, 1.54) is 9.21 Å². The Morgan fingerprint density at radius 3 is 2.36 bits per heavy atom. The summed E-state index contributed by atoms with van der Waals surface area (Å²) in [5, 5.41) is 13.5. The van der Waals surface area contributed by atoms with Crippen LogP contribution in [-0.2, 0) is 22.2 Å². The summed E-state index contributed by atoms with van der Waals surface area (Å²) in [6.07, 6.45) is -2.67. The van der Waals surface area contributed by atoms with Crippen molar-refractivity contribution >= 4 is 40.5 Å². The summed E-state index contributed by atoms with van der Waals surface area (Å²) in [7, 11) is 0. The van der Waals surface area contributed by atoms with Crippen LogP contribution in [0.5, 0.6) is 0 Å². The first kappa shape index (κ1) is 33.7. The van der Waals surface area contributed by atoms with E-state index in [9.17, 15) is 31.8 Å². The van der Waals surface area contributed by atoms with E-state index in [4.69, 9.17) is 4.74 Å². The average molecular weight is 642 g/mol. The van der Waals surface area contributed by atoms with E-state index in [0.29, 0.717) is 62.3 Å². The smallest absolute Gasteiger partial charge is 0.421 e. The van der Waals surface area contributed by atoms with E-state index >= 15 is 0 Å². The first-order valence-corrected chi connectivity index (χ1v) is 15.5. The Bertz CT molecular complexity index is 1390. The van der Waals surface area contributed by atoms with Gasteiger partial charge in [0.1, 0.15) is 17.0 Å². The highest BCUT2D eigenvalue weighted by Crippen LogP contribution is 2.39. The van der Waals surface area contributed by atoms with Gasteiger partial charge in [-0.25, -0.2) is 9.78 Å². The fourth-order valence-corrected chi connectivity index (χ4v) is 6.42. The normalized spacial score (nSPS) is 21.5. The summed E-state index contributed by atoms with van der Waals surface area (Å²) in [6, 6.07) is 4.88. The molecule has 2 saturated heterocycles. The Morgan fingerprint density at radius 1 is 1.16 bits per heavy atom. The zero-order valence-corrected chi connectivity index (χ0v) is 26.6. The molecule has 2 fully saturated rings. The van der Waals surface area contributed by atoms with Gasteiger partial charge in [0.2, 0.25) is 5.95 Å². The predicted octanol–water partition coefficient (Wildman–Crippen LogP) is 5.29. The average Bonchev–Trinajstić information content (AvgIpc) is 2.88. The van der Waals surface area contributed by atoms with Crippen LogP contribution in [0.2, 0.25) is 0 Å². The molecule has 2 aliphatic heterocycles. The summed E-state index contributed by atoms with van der Waals surface area (Å²) in [6.45, 7) is 11.4. The number of likely N-dealkylation sites (tertiary alicyclic amines) is 1. The molecule has 2 aliphatic rings. The lowest BCUT2D eigenvalue weighted by molar-refractivity contribution is -0.137. The molecule has 11 nitrogen and oxygen atoms in total. The molecule has 0 spiro atoms. The summed E-state index contributed by atoms with van der Waals surface area (Å²) in [5.74, 6) is -0.386. The van der Waals surface area contributed by atoms with Crippen LogP contribution < -0.4 is 14.5 Å². The number of nitrogens with zero attached hydrogens (tertiary/aromatic N) is 5. The fraction of sp³-hybridized carbons (Fsp3) is 0.621. The van der Waals surface area contributed by atoms with Gasteiger partial charge in [-0.05, 0) is 91.0 Å². The number of piperidine rings is 2. The number of alkyl halides is 3. The summed E-state index contributed by atoms with van der Waals surface area (Å²) in [5.41, 5.74) is -2.11. The van der Waals surface area contributed by atoms with Gasteiger partial charge in [0, 0.05) is 55.0 Å². The number of carbonyl (C=O) groups is 1. The molecule has 2 N–H and O–H groups in total. The molecule has 3 heterocycles. The molecule has 244 valence electrons. The first-order valence-electron chi connectivity index (χ1n) is 14.4. The Balaban J connectivity index is 1.55. The molecule has 1 aromatic carbocycles. The zero-order chi connectivity index (χ0) is 32.7. The van der Waals surface area contributed by atoms with Gasteiger partial charge in [0.25, 0.3) is 0 Å². The Labute approximate surface area is 258 Å². The van der Waals surface area contributed by atoms with Crippen LogP contribution in [0.1, 0.15) is 71.4 Å². The van der Waals surface area contributed by atoms with Gasteiger partial charge in [-0.2, -0.15) is 18.2 Å². The highest BCUT2D eigenvalue weighted by atomic mass is 32.2. The second-order valence-corrected chi connectivity index (χ2v) is 13.9. The van der Waals surface area contributed by atoms with Crippen molar-refractivity contribution in [3.63, 3.8) is 0 Å². The standard InChI is InChI=1S/C29H41F3N6O5S/c1-19-16-20(38(44(41)42)27(5)11-14-36(15-12-27)25(39)43-26(2,3)4)8-9-22(19)34-24-33-17-21(29(30,31)32)23(35-24)37-13-7-10-28(6,40)18-37/h8-9,16-17,40H,7,10-15,18H2,1-6H3,(H,41,42)(H,33,34,35)/p-1/t28-/m0/s1. The van der Waals surface area contributed by atoms with Crippen LogP contribution in [0.3, 0.4) is 0 Å². The number of carbonyl (C=O) groups excluding carboxylic acids is 1. The third-order valence-electron chi connectivity index (χ3n) is 7.87. The van der Waals surface area contributed by atoms with Gasteiger partial charge >= 0.3 is 12.3 Å². The number of aryl methyl sites for hydroxylation is 1. The molecule has 15 heteroatoms.